The zero-order valence-corrected chi connectivity index (χ0v) is 11.1. The zero-order valence-electron chi connectivity index (χ0n) is 10.3. The van der Waals surface area contributed by atoms with E-state index in [1.165, 1.54) is 0 Å². The van der Waals surface area contributed by atoms with Crippen molar-refractivity contribution in [2.24, 2.45) is 5.16 Å². The third kappa shape index (κ3) is 4.16. The molecule has 7 nitrogen and oxygen atoms in total. The normalized spacial score (nSPS) is 36.2. The summed E-state index contributed by atoms with van der Waals surface area (Å²) in [5, 5.41) is 50.3. The average molecular weight is 293 g/mol. The number of oxime groups is 1. The smallest absolute Gasteiger partial charge is 0.138 e. The number of hydrogen-bond donors (Lipinski definition) is 5. The van der Waals surface area contributed by atoms with Crippen molar-refractivity contribution in [3.63, 3.8) is 0 Å². The molecule has 1 aliphatic heterocycles. The Bertz CT molecular complexity index is 324. The van der Waals surface area contributed by atoms with Crippen LogP contribution in [0.25, 0.3) is 0 Å². The van der Waals surface area contributed by atoms with Crippen LogP contribution in [0, 0.1) is 0 Å². The fourth-order valence-corrected chi connectivity index (χ4v) is 2.71. The lowest BCUT2D eigenvalue weighted by molar-refractivity contribution is -0.205. The number of ether oxygens (including phenoxy) is 1. The first-order valence-electron chi connectivity index (χ1n) is 5.84. The third-order valence-electron chi connectivity index (χ3n) is 2.77. The summed E-state index contributed by atoms with van der Waals surface area (Å²) in [5.74, 6) is 0. The molecule has 0 amide bonds. The fourth-order valence-electron chi connectivity index (χ4n) is 1.66. The molecule has 0 unspecified atom stereocenters. The van der Waals surface area contributed by atoms with Gasteiger partial charge in [0.05, 0.1) is 6.61 Å². The van der Waals surface area contributed by atoms with Gasteiger partial charge in [0.15, 0.2) is 0 Å². The van der Waals surface area contributed by atoms with Crippen LogP contribution in [0.5, 0.6) is 0 Å². The van der Waals surface area contributed by atoms with E-state index < -0.39 is 36.5 Å². The van der Waals surface area contributed by atoms with Crippen molar-refractivity contribution in [2.45, 2.75) is 42.7 Å². The fraction of sp³-hybridized carbons (Fsp3) is 0.727. The van der Waals surface area contributed by atoms with Crippen LogP contribution in [0.2, 0.25) is 0 Å². The maximum Gasteiger partial charge on any atom is 0.138 e. The Morgan fingerprint density at radius 1 is 1.26 bits per heavy atom. The molecule has 1 aliphatic rings. The highest BCUT2D eigenvalue weighted by Crippen LogP contribution is 2.30. The van der Waals surface area contributed by atoms with Gasteiger partial charge < -0.3 is 30.4 Å². The predicted molar refractivity (Wildman–Crippen MR) is 70.0 cm³/mol. The molecule has 5 atom stereocenters. The van der Waals surface area contributed by atoms with E-state index in [9.17, 15) is 15.3 Å². The van der Waals surface area contributed by atoms with E-state index >= 15 is 0 Å². The van der Waals surface area contributed by atoms with Crippen LogP contribution in [0.15, 0.2) is 17.8 Å². The molecule has 1 heterocycles. The number of hydrogen-bond acceptors (Lipinski definition) is 8. The minimum atomic E-state index is -1.43. The standard InChI is InChI=1S/C11H19NO6S/c1-2-3-4-7(12-17)19-11-10(16)9(15)8(14)6(5-13)18-11/h2,6,8-11,13-17H,1,3-5H2/b12-7+/t6-,8-,9+,10-,11+/m0/s1. The Kier molecular flexibility index (Phi) is 6.76. The molecule has 0 saturated carbocycles. The van der Waals surface area contributed by atoms with Crippen molar-refractivity contribution in [3.8, 4) is 0 Å². The highest BCUT2D eigenvalue weighted by Gasteiger charge is 2.44. The highest BCUT2D eigenvalue weighted by atomic mass is 32.2. The maximum atomic E-state index is 9.80. The molecule has 0 aliphatic carbocycles. The molecule has 1 saturated heterocycles. The third-order valence-corrected chi connectivity index (χ3v) is 3.95. The Hall–Kier alpha value is -0.640. The van der Waals surface area contributed by atoms with Crippen LogP contribution < -0.4 is 0 Å². The molecule has 0 aromatic rings. The van der Waals surface area contributed by atoms with Crippen LogP contribution in [-0.4, -0.2) is 67.1 Å². The van der Waals surface area contributed by atoms with Crippen molar-refractivity contribution < 1.29 is 30.4 Å². The lowest BCUT2D eigenvalue weighted by Crippen LogP contribution is -2.57. The summed E-state index contributed by atoms with van der Waals surface area (Å²) in [7, 11) is 0. The first kappa shape index (κ1) is 16.4. The number of allylic oxidation sites excluding steroid dienone is 1. The summed E-state index contributed by atoms with van der Waals surface area (Å²) >= 11 is 0.936. The monoisotopic (exact) mass is 293 g/mol. The second kappa shape index (κ2) is 7.83. The molecular weight excluding hydrogens is 274 g/mol. The van der Waals surface area contributed by atoms with Gasteiger partial charge in [-0.25, -0.2) is 0 Å². The van der Waals surface area contributed by atoms with Gasteiger partial charge in [-0.3, -0.25) is 0 Å². The largest absolute Gasteiger partial charge is 0.410 e. The summed E-state index contributed by atoms with van der Waals surface area (Å²) in [6.07, 6.45) is -2.47. The summed E-state index contributed by atoms with van der Waals surface area (Å²) in [6.45, 7) is 3.06. The van der Waals surface area contributed by atoms with E-state index in [0.717, 1.165) is 11.8 Å². The lowest BCUT2D eigenvalue weighted by Gasteiger charge is -2.39. The predicted octanol–water partition coefficient (Wildman–Crippen LogP) is -0.727. The molecule has 0 bridgehead atoms. The van der Waals surface area contributed by atoms with Crippen LogP contribution in [0.4, 0.5) is 0 Å². The summed E-state index contributed by atoms with van der Waals surface area (Å²) < 4.78 is 5.28. The van der Waals surface area contributed by atoms with E-state index in [-0.39, 0.29) is 0 Å². The van der Waals surface area contributed by atoms with Gasteiger partial charge in [0.2, 0.25) is 0 Å². The van der Waals surface area contributed by atoms with Gasteiger partial charge in [0, 0.05) is 6.42 Å². The van der Waals surface area contributed by atoms with Gasteiger partial charge in [-0.15, -0.1) is 6.58 Å². The number of nitrogens with zero attached hydrogens (tertiary/aromatic N) is 1. The van der Waals surface area contributed by atoms with Crippen molar-refractivity contribution in [1.29, 1.82) is 0 Å². The topological polar surface area (TPSA) is 123 Å². The van der Waals surface area contributed by atoms with Gasteiger partial charge in [-0.2, -0.15) is 0 Å². The number of thioether (sulfide) groups is 1. The van der Waals surface area contributed by atoms with E-state index in [1.54, 1.807) is 6.08 Å². The number of aliphatic hydroxyl groups excluding tert-OH is 4. The summed E-state index contributed by atoms with van der Waals surface area (Å²) in [4.78, 5) is 0. The molecule has 0 aromatic carbocycles. The van der Waals surface area contributed by atoms with E-state index in [1.807, 2.05) is 0 Å². The maximum absolute atomic E-state index is 9.80. The number of rotatable bonds is 5. The first-order valence-corrected chi connectivity index (χ1v) is 6.72. The SMILES string of the molecule is C=CCC/C(=N\O)S[C@H]1O[C@@H](CO)[C@H](O)[C@@H](O)[C@@H]1O. The number of aliphatic hydroxyl groups is 4. The van der Waals surface area contributed by atoms with E-state index in [4.69, 9.17) is 15.1 Å². The van der Waals surface area contributed by atoms with Crippen LogP contribution in [0.3, 0.4) is 0 Å². The minimum Gasteiger partial charge on any atom is -0.410 e. The summed E-state index contributed by atoms with van der Waals surface area (Å²) in [5.41, 5.74) is -0.925. The molecule has 5 N–H and O–H groups in total. The van der Waals surface area contributed by atoms with Crippen LogP contribution in [0.1, 0.15) is 12.8 Å². The first-order chi connectivity index (χ1) is 9.04. The highest BCUT2D eigenvalue weighted by molar-refractivity contribution is 8.14. The van der Waals surface area contributed by atoms with Gasteiger partial charge in [0.1, 0.15) is 34.9 Å². The van der Waals surface area contributed by atoms with Crippen molar-refractivity contribution >= 4 is 16.8 Å². The molecule has 8 heteroatoms. The second-order valence-electron chi connectivity index (χ2n) is 4.14. The molecule has 1 rings (SSSR count). The van der Waals surface area contributed by atoms with Crippen molar-refractivity contribution in [2.75, 3.05) is 6.61 Å². The van der Waals surface area contributed by atoms with Gasteiger partial charge >= 0.3 is 0 Å². The Labute approximate surface area is 115 Å². The van der Waals surface area contributed by atoms with Gasteiger partial charge in [0.25, 0.3) is 0 Å². The average Bonchev–Trinajstić information content (AvgIpc) is 2.43. The second-order valence-corrected chi connectivity index (χ2v) is 5.31. The molecule has 0 radical (unpaired) electrons. The molecule has 19 heavy (non-hydrogen) atoms. The van der Waals surface area contributed by atoms with Crippen LogP contribution >= 0.6 is 11.8 Å². The van der Waals surface area contributed by atoms with Crippen molar-refractivity contribution in [1.82, 2.24) is 0 Å². The van der Waals surface area contributed by atoms with Crippen LogP contribution in [-0.2, 0) is 4.74 Å². The lowest BCUT2D eigenvalue weighted by atomic mass is 10.0. The molecule has 110 valence electrons. The summed E-state index contributed by atoms with van der Waals surface area (Å²) in [6, 6.07) is 0. The van der Waals surface area contributed by atoms with E-state index in [2.05, 4.69) is 11.7 Å². The Balaban J connectivity index is 2.67. The quantitative estimate of drug-likeness (QED) is 0.149. The minimum absolute atomic E-state index is 0.309. The zero-order chi connectivity index (χ0) is 14.4. The van der Waals surface area contributed by atoms with Crippen molar-refractivity contribution in [3.05, 3.63) is 12.7 Å². The van der Waals surface area contributed by atoms with Gasteiger partial charge in [-0.1, -0.05) is 23.0 Å². The Morgan fingerprint density at radius 3 is 2.47 bits per heavy atom. The molecule has 0 aromatic heterocycles. The molecule has 1 fully saturated rings. The molecule has 0 spiro atoms. The Morgan fingerprint density at radius 2 is 1.95 bits per heavy atom. The van der Waals surface area contributed by atoms with Gasteiger partial charge in [-0.05, 0) is 6.42 Å². The molecular formula is C11H19NO6S. The van der Waals surface area contributed by atoms with E-state index in [0.29, 0.717) is 17.9 Å².